The van der Waals surface area contributed by atoms with Crippen LogP contribution in [0.5, 0.6) is 11.5 Å². The smallest absolute Gasteiger partial charge is 0.161 e. The highest BCUT2D eigenvalue weighted by molar-refractivity contribution is 5.55. The van der Waals surface area contributed by atoms with Gasteiger partial charge in [0.1, 0.15) is 0 Å². The minimum atomic E-state index is 0.290. The molecule has 2 rings (SSSR count). The summed E-state index contributed by atoms with van der Waals surface area (Å²) in [5.41, 5.74) is 6.33. The predicted molar refractivity (Wildman–Crippen MR) is 146 cm³/mol. The summed E-state index contributed by atoms with van der Waals surface area (Å²) in [6.07, 6.45) is 8.91. The first kappa shape index (κ1) is 28.8. The van der Waals surface area contributed by atoms with Gasteiger partial charge in [0.25, 0.3) is 0 Å². The highest BCUT2D eigenvalue weighted by atomic mass is 16.5. The van der Waals surface area contributed by atoms with Crippen molar-refractivity contribution >= 4 is 6.08 Å². The zero-order valence-electron chi connectivity index (χ0n) is 23.0. The lowest BCUT2D eigenvalue weighted by molar-refractivity contribution is 0.234. The Morgan fingerprint density at radius 3 is 1.94 bits per heavy atom. The van der Waals surface area contributed by atoms with Gasteiger partial charge in [-0.2, -0.15) is 0 Å². The van der Waals surface area contributed by atoms with Gasteiger partial charge in [0, 0.05) is 0 Å². The summed E-state index contributed by atoms with van der Waals surface area (Å²) in [6, 6.07) is 12.6. The van der Waals surface area contributed by atoms with Crippen LogP contribution in [0.2, 0.25) is 0 Å². The summed E-state index contributed by atoms with van der Waals surface area (Å²) < 4.78 is 11.1. The maximum Gasteiger partial charge on any atom is 0.161 e. The Morgan fingerprint density at radius 1 is 0.818 bits per heavy atom. The maximum absolute atomic E-state index is 5.79. The fraction of sp³-hybridized carbons (Fsp3) is 0.548. The van der Waals surface area contributed by atoms with Crippen molar-refractivity contribution in [3.8, 4) is 11.5 Å². The van der Waals surface area contributed by atoms with E-state index in [-0.39, 0.29) is 5.41 Å². The molecule has 0 N–H and O–H groups in total. The lowest BCUT2D eigenvalue weighted by Crippen LogP contribution is -2.11. The SMILES string of the molecule is C/C=C/c1ccc(OCCC(C)(C)C)c(OC)c1.Cc1cccc(C)c1CCCC(C)(C)C. The molecule has 2 nitrogen and oxygen atoms in total. The molecular formula is C31H48O2. The zero-order chi connectivity index (χ0) is 25.1. The predicted octanol–water partition coefficient (Wildman–Crippen LogP) is 9.22. The lowest BCUT2D eigenvalue weighted by atomic mass is 9.88. The van der Waals surface area contributed by atoms with Crippen LogP contribution in [-0.4, -0.2) is 13.7 Å². The molecule has 0 atom stereocenters. The minimum Gasteiger partial charge on any atom is -0.493 e. The number of benzene rings is 2. The molecule has 0 spiro atoms. The molecule has 0 aromatic heterocycles. The second-order valence-corrected chi connectivity index (χ2v) is 11.4. The number of hydrogen-bond acceptors (Lipinski definition) is 2. The summed E-state index contributed by atoms with van der Waals surface area (Å²) in [4.78, 5) is 0. The van der Waals surface area contributed by atoms with Gasteiger partial charge < -0.3 is 9.47 Å². The molecule has 0 aliphatic heterocycles. The Labute approximate surface area is 204 Å². The average molecular weight is 453 g/mol. The monoisotopic (exact) mass is 452 g/mol. The van der Waals surface area contributed by atoms with Crippen molar-refractivity contribution in [1.29, 1.82) is 0 Å². The van der Waals surface area contributed by atoms with Crippen LogP contribution < -0.4 is 9.47 Å². The number of methoxy groups -OCH3 is 1. The van der Waals surface area contributed by atoms with Gasteiger partial charge in [-0.3, -0.25) is 0 Å². The van der Waals surface area contributed by atoms with E-state index in [9.17, 15) is 0 Å². The summed E-state index contributed by atoms with van der Waals surface area (Å²) >= 11 is 0. The molecule has 0 heterocycles. The molecule has 33 heavy (non-hydrogen) atoms. The number of allylic oxidation sites excluding steroid dienone is 1. The van der Waals surface area contributed by atoms with E-state index in [4.69, 9.17) is 9.47 Å². The molecular weight excluding hydrogens is 404 g/mol. The largest absolute Gasteiger partial charge is 0.493 e. The average Bonchev–Trinajstić information content (AvgIpc) is 2.70. The van der Waals surface area contributed by atoms with E-state index < -0.39 is 0 Å². The number of ether oxygens (including phenoxy) is 2. The van der Waals surface area contributed by atoms with E-state index in [0.717, 1.165) is 23.5 Å². The summed E-state index contributed by atoms with van der Waals surface area (Å²) in [5, 5.41) is 0. The van der Waals surface area contributed by atoms with Crippen molar-refractivity contribution in [2.75, 3.05) is 13.7 Å². The topological polar surface area (TPSA) is 18.5 Å². The molecule has 0 saturated heterocycles. The first-order valence-corrected chi connectivity index (χ1v) is 12.3. The molecule has 184 valence electrons. The van der Waals surface area contributed by atoms with Gasteiger partial charge in [-0.1, -0.05) is 78.0 Å². The second kappa shape index (κ2) is 13.5. The van der Waals surface area contributed by atoms with Crippen LogP contribution in [0.25, 0.3) is 6.08 Å². The van der Waals surface area contributed by atoms with Crippen LogP contribution in [0.1, 0.15) is 90.0 Å². The minimum absolute atomic E-state index is 0.290. The van der Waals surface area contributed by atoms with Gasteiger partial charge in [-0.05, 0) is 91.7 Å². The van der Waals surface area contributed by atoms with Crippen LogP contribution in [0.3, 0.4) is 0 Å². The summed E-state index contributed by atoms with van der Waals surface area (Å²) in [5.74, 6) is 1.61. The fourth-order valence-electron chi connectivity index (χ4n) is 3.61. The van der Waals surface area contributed by atoms with Gasteiger partial charge in [-0.25, -0.2) is 0 Å². The van der Waals surface area contributed by atoms with Crippen LogP contribution >= 0.6 is 0 Å². The molecule has 2 aromatic carbocycles. The van der Waals surface area contributed by atoms with E-state index >= 15 is 0 Å². The molecule has 0 aliphatic rings. The van der Waals surface area contributed by atoms with Crippen molar-refractivity contribution in [2.24, 2.45) is 10.8 Å². The first-order chi connectivity index (χ1) is 15.4. The molecule has 2 heteroatoms. The van der Waals surface area contributed by atoms with Gasteiger partial charge in [0.15, 0.2) is 11.5 Å². The summed E-state index contributed by atoms with van der Waals surface area (Å²) in [7, 11) is 1.67. The number of rotatable bonds is 8. The first-order valence-electron chi connectivity index (χ1n) is 12.3. The Balaban J connectivity index is 0.000000335. The fourth-order valence-corrected chi connectivity index (χ4v) is 3.61. The van der Waals surface area contributed by atoms with Crippen molar-refractivity contribution in [3.05, 3.63) is 64.7 Å². The standard InChI is InChI=1S/C16H24O2.C15H24/c1-6-7-13-8-9-14(15(12-13)17-5)18-11-10-16(2,3)4;1-12-8-6-9-13(2)14(12)10-7-11-15(3,4)5/h6-9,12H,10-11H2,1-5H3;6,8-9H,7,10-11H2,1-5H3/b7-6+;. The second-order valence-electron chi connectivity index (χ2n) is 11.4. The molecule has 2 aromatic rings. The quantitative estimate of drug-likeness (QED) is 0.397. The normalized spacial score (nSPS) is 11.8. The van der Waals surface area contributed by atoms with Crippen molar-refractivity contribution in [3.63, 3.8) is 0 Å². The third-order valence-corrected chi connectivity index (χ3v) is 5.65. The molecule has 0 unspecified atom stereocenters. The van der Waals surface area contributed by atoms with Gasteiger partial charge in [0.2, 0.25) is 0 Å². The van der Waals surface area contributed by atoms with Crippen LogP contribution in [0, 0.1) is 24.7 Å². The molecule has 0 radical (unpaired) electrons. The van der Waals surface area contributed by atoms with Crippen molar-refractivity contribution < 1.29 is 9.47 Å². The Morgan fingerprint density at radius 2 is 1.42 bits per heavy atom. The Bertz CT molecular complexity index is 843. The van der Waals surface area contributed by atoms with Crippen LogP contribution in [0.4, 0.5) is 0 Å². The number of aryl methyl sites for hydroxylation is 2. The number of hydrogen-bond donors (Lipinski definition) is 0. The van der Waals surface area contributed by atoms with E-state index in [1.807, 2.05) is 37.3 Å². The van der Waals surface area contributed by atoms with E-state index in [0.29, 0.717) is 12.0 Å². The maximum atomic E-state index is 5.79. The molecule has 0 aliphatic carbocycles. The third-order valence-electron chi connectivity index (χ3n) is 5.65. The zero-order valence-corrected chi connectivity index (χ0v) is 23.0. The van der Waals surface area contributed by atoms with Gasteiger partial charge in [-0.15, -0.1) is 0 Å². The lowest BCUT2D eigenvalue weighted by Gasteiger charge is -2.19. The Hall–Kier alpha value is -2.22. The van der Waals surface area contributed by atoms with Crippen molar-refractivity contribution in [2.45, 2.75) is 88.0 Å². The highest BCUT2D eigenvalue weighted by Crippen LogP contribution is 2.29. The molecule has 0 fully saturated rings. The van der Waals surface area contributed by atoms with E-state index in [1.54, 1.807) is 12.7 Å². The van der Waals surface area contributed by atoms with Crippen LogP contribution in [0.15, 0.2) is 42.5 Å². The van der Waals surface area contributed by atoms with E-state index in [1.165, 1.54) is 30.4 Å². The van der Waals surface area contributed by atoms with Crippen molar-refractivity contribution in [1.82, 2.24) is 0 Å². The van der Waals surface area contributed by atoms with Crippen LogP contribution in [-0.2, 0) is 6.42 Å². The van der Waals surface area contributed by atoms with E-state index in [2.05, 4.69) is 73.6 Å². The molecule has 0 bridgehead atoms. The van der Waals surface area contributed by atoms with Gasteiger partial charge in [0.05, 0.1) is 13.7 Å². The Kier molecular flexibility index (Phi) is 11.8. The molecule has 0 saturated carbocycles. The molecule has 0 amide bonds. The summed E-state index contributed by atoms with van der Waals surface area (Å²) in [6.45, 7) is 20.7. The van der Waals surface area contributed by atoms with Gasteiger partial charge >= 0.3 is 0 Å². The highest BCUT2D eigenvalue weighted by Gasteiger charge is 2.12. The third kappa shape index (κ3) is 12.0.